The van der Waals surface area contributed by atoms with Gasteiger partial charge in [0.1, 0.15) is 16.4 Å². The molecule has 0 aliphatic carbocycles. The minimum absolute atomic E-state index is 0.129. The van der Waals surface area contributed by atoms with Crippen molar-refractivity contribution in [3.05, 3.63) is 40.2 Å². The molecule has 2 aromatic heterocycles. The summed E-state index contributed by atoms with van der Waals surface area (Å²) in [6, 6.07) is 6.06. The number of carbonyl (C=O) groups is 2. The van der Waals surface area contributed by atoms with Crippen LogP contribution in [-0.4, -0.2) is 29.1 Å². The van der Waals surface area contributed by atoms with Crippen LogP contribution in [0.15, 0.2) is 29.6 Å². The summed E-state index contributed by atoms with van der Waals surface area (Å²) in [7, 11) is 1.47. The minimum atomic E-state index is -1.15. The van der Waals surface area contributed by atoms with Crippen molar-refractivity contribution in [1.82, 2.24) is 4.98 Å². The number of hydrogen-bond donors (Lipinski definition) is 2. The normalized spacial score (nSPS) is 9.95. The Labute approximate surface area is 112 Å². The van der Waals surface area contributed by atoms with Gasteiger partial charge in [-0.2, -0.15) is 0 Å². The first kappa shape index (κ1) is 13.0. The van der Waals surface area contributed by atoms with Crippen LogP contribution in [0.25, 0.3) is 0 Å². The second-order valence-electron chi connectivity index (χ2n) is 3.49. The van der Waals surface area contributed by atoms with Gasteiger partial charge in [-0.3, -0.25) is 4.79 Å². The first-order valence-electron chi connectivity index (χ1n) is 5.25. The molecule has 98 valence electrons. The largest absolute Gasteiger partial charge is 0.495 e. The Morgan fingerprint density at radius 2 is 2.16 bits per heavy atom. The van der Waals surface area contributed by atoms with E-state index in [0.717, 1.165) is 0 Å². The summed E-state index contributed by atoms with van der Waals surface area (Å²) in [5.41, 5.74) is -0.129. The molecule has 0 aliphatic rings. The van der Waals surface area contributed by atoms with Gasteiger partial charge in [-0.1, -0.05) is 6.07 Å². The fourth-order valence-electron chi connectivity index (χ4n) is 1.42. The van der Waals surface area contributed by atoms with Crippen LogP contribution < -0.4 is 10.1 Å². The van der Waals surface area contributed by atoms with Gasteiger partial charge in [-0.25, -0.2) is 9.78 Å². The Bertz CT molecular complexity index is 624. The van der Waals surface area contributed by atoms with Crippen LogP contribution in [0, 0.1) is 0 Å². The standard InChI is InChI=1S/C12H10N2O4S/c1-18-8-5-6-19-10(8)11(15)14-9-4-2-3-7(13-9)12(16)17/h2-6H,1H3,(H,16,17)(H,13,14,15). The third-order valence-electron chi connectivity index (χ3n) is 2.27. The number of aromatic carboxylic acids is 1. The molecule has 0 spiro atoms. The van der Waals surface area contributed by atoms with Crippen molar-refractivity contribution in [3.8, 4) is 5.75 Å². The highest BCUT2D eigenvalue weighted by molar-refractivity contribution is 7.12. The van der Waals surface area contributed by atoms with Crippen LogP contribution in [-0.2, 0) is 0 Å². The number of carboxylic acids is 1. The van der Waals surface area contributed by atoms with Gasteiger partial charge in [-0.05, 0) is 23.6 Å². The lowest BCUT2D eigenvalue weighted by atomic mass is 10.3. The number of thiophene rings is 1. The molecule has 0 radical (unpaired) electrons. The van der Waals surface area contributed by atoms with Crippen molar-refractivity contribution in [1.29, 1.82) is 0 Å². The first-order valence-corrected chi connectivity index (χ1v) is 6.13. The molecule has 0 saturated carbocycles. The van der Waals surface area contributed by atoms with Gasteiger partial charge in [0.05, 0.1) is 7.11 Å². The van der Waals surface area contributed by atoms with E-state index in [4.69, 9.17) is 9.84 Å². The maximum atomic E-state index is 12.0. The van der Waals surface area contributed by atoms with E-state index in [0.29, 0.717) is 10.6 Å². The third kappa shape index (κ3) is 2.89. The number of nitrogens with one attached hydrogen (secondary N) is 1. The van der Waals surface area contributed by atoms with Gasteiger partial charge in [0, 0.05) is 0 Å². The first-order chi connectivity index (χ1) is 9.11. The van der Waals surface area contributed by atoms with Crippen LogP contribution in [0.3, 0.4) is 0 Å². The molecule has 2 N–H and O–H groups in total. The molecule has 19 heavy (non-hydrogen) atoms. The molecule has 2 aromatic rings. The van der Waals surface area contributed by atoms with E-state index in [9.17, 15) is 9.59 Å². The van der Waals surface area contributed by atoms with Crippen molar-refractivity contribution in [2.75, 3.05) is 12.4 Å². The molecule has 1 amide bonds. The van der Waals surface area contributed by atoms with Gasteiger partial charge in [-0.15, -0.1) is 11.3 Å². The van der Waals surface area contributed by atoms with E-state index in [1.54, 1.807) is 11.4 Å². The van der Waals surface area contributed by atoms with E-state index < -0.39 is 5.97 Å². The van der Waals surface area contributed by atoms with Crippen molar-refractivity contribution >= 4 is 29.0 Å². The van der Waals surface area contributed by atoms with Crippen LogP contribution in [0.4, 0.5) is 5.82 Å². The molecule has 0 atom stereocenters. The number of ether oxygens (including phenoxy) is 1. The maximum absolute atomic E-state index is 12.0. The number of methoxy groups -OCH3 is 1. The Balaban J connectivity index is 2.19. The second-order valence-corrected chi connectivity index (χ2v) is 4.40. The number of rotatable bonds is 4. The van der Waals surface area contributed by atoms with Gasteiger partial charge < -0.3 is 15.2 Å². The maximum Gasteiger partial charge on any atom is 0.354 e. The predicted octanol–water partition coefficient (Wildman–Crippen LogP) is 2.10. The number of hydrogen-bond acceptors (Lipinski definition) is 5. The monoisotopic (exact) mass is 278 g/mol. The van der Waals surface area contributed by atoms with Crippen molar-refractivity contribution in [2.24, 2.45) is 0 Å². The lowest BCUT2D eigenvalue weighted by Crippen LogP contribution is -2.13. The number of carbonyl (C=O) groups excluding carboxylic acids is 1. The molecule has 2 rings (SSSR count). The summed E-state index contributed by atoms with van der Waals surface area (Å²) in [5.74, 6) is -0.885. The molecule has 0 saturated heterocycles. The second kappa shape index (κ2) is 5.49. The SMILES string of the molecule is COc1ccsc1C(=O)Nc1cccc(C(=O)O)n1. The summed E-state index contributed by atoms with van der Waals surface area (Å²) in [6.45, 7) is 0. The fourth-order valence-corrected chi connectivity index (χ4v) is 2.17. The van der Waals surface area contributed by atoms with E-state index in [1.807, 2.05) is 0 Å². The Morgan fingerprint density at radius 3 is 2.84 bits per heavy atom. The van der Waals surface area contributed by atoms with Crippen molar-refractivity contribution in [3.63, 3.8) is 0 Å². The highest BCUT2D eigenvalue weighted by Gasteiger charge is 2.15. The lowest BCUT2D eigenvalue weighted by molar-refractivity contribution is 0.0690. The van der Waals surface area contributed by atoms with Gasteiger partial charge in [0.25, 0.3) is 5.91 Å². The molecule has 0 unspecified atom stereocenters. The summed E-state index contributed by atoms with van der Waals surface area (Å²) in [4.78, 5) is 27.0. The van der Waals surface area contributed by atoms with E-state index >= 15 is 0 Å². The number of nitrogens with zero attached hydrogens (tertiary/aromatic N) is 1. The number of amides is 1. The van der Waals surface area contributed by atoms with E-state index in [-0.39, 0.29) is 17.4 Å². The lowest BCUT2D eigenvalue weighted by Gasteiger charge is -2.05. The molecule has 0 aliphatic heterocycles. The molecule has 0 fully saturated rings. The van der Waals surface area contributed by atoms with Crippen LogP contribution in [0.1, 0.15) is 20.2 Å². The van der Waals surface area contributed by atoms with E-state index in [1.165, 1.54) is 36.6 Å². The zero-order valence-electron chi connectivity index (χ0n) is 9.91. The molecule has 7 heteroatoms. The highest BCUT2D eigenvalue weighted by Crippen LogP contribution is 2.25. The molecular formula is C12H10N2O4S. The third-order valence-corrected chi connectivity index (χ3v) is 3.16. The number of anilines is 1. The highest BCUT2D eigenvalue weighted by atomic mass is 32.1. The summed E-state index contributed by atoms with van der Waals surface area (Å²) >= 11 is 1.23. The Kier molecular flexibility index (Phi) is 3.76. The molecule has 2 heterocycles. The van der Waals surface area contributed by atoms with Crippen molar-refractivity contribution < 1.29 is 19.4 Å². The van der Waals surface area contributed by atoms with Gasteiger partial charge in [0.2, 0.25) is 0 Å². The summed E-state index contributed by atoms with van der Waals surface area (Å²) in [6.07, 6.45) is 0. The minimum Gasteiger partial charge on any atom is -0.495 e. The molecule has 0 bridgehead atoms. The van der Waals surface area contributed by atoms with Gasteiger partial charge in [0.15, 0.2) is 5.69 Å². The molecule has 0 aromatic carbocycles. The number of aromatic nitrogens is 1. The van der Waals surface area contributed by atoms with Crippen LogP contribution in [0.5, 0.6) is 5.75 Å². The quantitative estimate of drug-likeness (QED) is 0.894. The predicted molar refractivity (Wildman–Crippen MR) is 70.0 cm³/mol. The van der Waals surface area contributed by atoms with Crippen molar-refractivity contribution in [2.45, 2.75) is 0 Å². The number of pyridine rings is 1. The summed E-state index contributed by atoms with van der Waals surface area (Å²) < 4.78 is 5.04. The average Bonchev–Trinajstić information content (AvgIpc) is 2.87. The van der Waals surface area contributed by atoms with E-state index in [2.05, 4.69) is 10.3 Å². The van der Waals surface area contributed by atoms with Crippen LogP contribution >= 0.6 is 11.3 Å². The molecular weight excluding hydrogens is 268 g/mol. The molecule has 6 nitrogen and oxygen atoms in total. The number of carboxylic acid groups (broad SMARTS) is 1. The van der Waals surface area contributed by atoms with Crippen LogP contribution in [0.2, 0.25) is 0 Å². The fraction of sp³-hybridized carbons (Fsp3) is 0.0833. The zero-order valence-corrected chi connectivity index (χ0v) is 10.7. The average molecular weight is 278 g/mol. The Morgan fingerprint density at radius 1 is 1.37 bits per heavy atom. The Hall–Kier alpha value is -2.41. The smallest absolute Gasteiger partial charge is 0.354 e. The topological polar surface area (TPSA) is 88.5 Å². The zero-order chi connectivity index (χ0) is 13.8. The summed E-state index contributed by atoms with van der Waals surface area (Å²) in [5, 5.41) is 13.1. The van der Waals surface area contributed by atoms with Gasteiger partial charge >= 0.3 is 5.97 Å².